The molecule has 12 heteroatoms. The van der Waals surface area contributed by atoms with Gasteiger partial charge in [0.25, 0.3) is 5.91 Å². The molecule has 0 radical (unpaired) electrons. The van der Waals surface area contributed by atoms with Crippen LogP contribution in [-0.2, 0) is 21.4 Å². The summed E-state index contributed by atoms with van der Waals surface area (Å²) in [7, 11) is -3.79. The lowest BCUT2D eigenvalue weighted by molar-refractivity contribution is -0.128. The van der Waals surface area contributed by atoms with Gasteiger partial charge in [-0.1, -0.05) is 37.2 Å². The van der Waals surface area contributed by atoms with E-state index in [0.29, 0.717) is 18.0 Å². The third-order valence-electron chi connectivity index (χ3n) is 7.16. The largest absolute Gasteiger partial charge is 0.369 e. The Kier molecular flexibility index (Phi) is 7.68. The monoisotopic (exact) mass is 549 g/mol. The number of hydrogen-bond donors (Lipinski definition) is 0. The van der Waals surface area contributed by atoms with Gasteiger partial charge in [0.2, 0.25) is 15.9 Å². The Morgan fingerprint density at radius 1 is 1.14 bits per heavy atom. The van der Waals surface area contributed by atoms with Crippen molar-refractivity contribution in [2.45, 2.75) is 26.4 Å². The van der Waals surface area contributed by atoms with Crippen LogP contribution in [-0.4, -0.2) is 84.5 Å². The fourth-order valence-corrected chi connectivity index (χ4v) is 6.45. The lowest BCUT2D eigenvalue weighted by atomic mass is 9.89. The summed E-state index contributed by atoms with van der Waals surface area (Å²) >= 11 is 0. The number of carbonyl (C=O) groups is 2. The first-order chi connectivity index (χ1) is 17.1. The van der Waals surface area contributed by atoms with E-state index in [1.165, 1.54) is 10.6 Å². The van der Waals surface area contributed by atoms with Gasteiger partial charge in [-0.2, -0.15) is 0 Å². The minimum absolute atomic E-state index is 0. The first-order valence-electron chi connectivity index (χ1n) is 12.2. The second-order valence-corrected chi connectivity index (χ2v) is 11.8. The van der Waals surface area contributed by atoms with E-state index in [9.17, 15) is 18.0 Å². The zero-order chi connectivity index (χ0) is 25.6. The molecule has 4 heterocycles. The summed E-state index contributed by atoms with van der Waals surface area (Å²) in [6.45, 7) is 8.00. The molecule has 5 rings (SSSR count). The summed E-state index contributed by atoms with van der Waals surface area (Å²) in [6.07, 6.45) is 2.66. The first kappa shape index (κ1) is 27.2. The molecule has 1 aromatic carbocycles. The number of hydrogen-bond acceptors (Lipinski definition) is 8. The van der Waals surface area contributed by atoms with Crippen molar-refractivity contribution in [1.29, 1.82) is 0 Å². The van der Waals surface area contributed by atoms with Crippen molar-refractivity contribution in [3.05, 3.63) is 59.6 Å². The van der Waals surface area contributed by atoms with Crippen LogP contribution in [0.25, 0.3) is 0 Å². The molecule has 10 nitrogen and oxygen atoms in total. The maximum atomic E-state index is 13.4. The van der Waals surface area contributed by atoms with Crippen LogP contribution in [0.2, 0.25) is 0 Å². The second-order valence-electron chi connectivity index (χ2n) is 9.94. The van der Waals surface area contributed by atoms with Crippen LogP contribution in [0.15, 0.2) is 52.7 Å². The molecule has 2 amide bonds. The standard InChI is InChI=1S/C25H31N5O5S.ClH/c1-17(2)22-23-21(30(25(22)32)36(3,33)34)9-10-29(23)24(31)20-15-19(35-26-20)16-27-11-13-28(14-12-27)18-7-5-4-6-8-18;/h4-9,15,17,22-23H,10-14,16H2,1-3H3;1H/t22-,23+;/m1./s1. The molecule has 2 atom stereocenters. The maximum Gasteiger partial charge on any atom is 0.276 e. The molecule has 37 heavy (non-hydrogen) atoms. The Morgan fingerprint density at radius 2 is 1.81 bits per heavy atom. The van der Waals surface area contributed by atoms with Gasteiger partial charge in [0.05, 0.1) is 30.5 Å². The highest BCUT2D eigenvalue weighted by atomic mass is 35.5. The molecule has 2 fully saturated rings. The molecule has 3 aliphatic heterocycles. The van der Waals surface area contributed by atoms with Gasteiger partial charge in [-0.25, -0.2) is 12.7 Å². The van der Waals surface area contributed by atoms with Crippen LogP contribution in [0.1, 0.15) is 30.1 Å². The van der Waals surface area contributed by atoms with Crippen LogP contribution in [0.4, 0.5) is 5.69 Å². The van der Waals surface area contributed by atoms with Crippen molar-refractivity contribution in [2.24, 2.45) is 11.8 Å². The van der Waals surface area contributed by atoms with E-state index in [-0.39, 0.29) is 36.5 Å². The van der Waals surface area contributed by atoms with Crippen LogP contribution >= 0.6 is 12.4 Å². The van der Waals surface area contributed by atoms with Crippen LogP contribution in [0, 0.1) is 11.8 Å². The molecule has 0 unspecified atom stereocenters. The minimum Gasteiger partial charge on any atom is -0.369 e. The van der Waals surface area contributed by atoms with Crippen molar-refractivity contribution >= 4 is 39.9 Å². The number of rotatable bonds is 6. The van der Waals surface area contributed by atoms with E-state index in [2.05, 4.69) is 27.1 Å². The zero-order valence-electron chi connectivity index (χ0n) is 21.1. The van der Waals surface area contributed by atoms with E-state index < -0.39 is 27.9 Å². The second kappa shape index (κ2) is 10.5. The van der Waals surface area contributed by atoms with E-state index >= 15 is 0 Å². The molecule has 0 saturated carbocycles. The number of carbonyl (C=O) groups excluding carboxylic acids is 2. The number of para-hydroxylation sites is 1. The predicted octanol–water partition coefficient (Wildman–Crippen LogP) is 2.20. The Labute approximate surface area is 223 Å². The number of benzene rings is 1. The molecule has 3 aliphatic rings. The number of anilines is 1. The molecule has 0 bridgehead atoms. The zero-order valence-corrected chi connectivity index (χ0v) is 22.7. The van der Waals surface area contributed by atoms with Crippen LogP contribution < -0.4 is 4.90 Å². The summed E-state index contributed by atoms with van der Waals surface area (Å²) in [5.41, 5.74) is 1.73. The lowest BCUT2D eigenvalue weighted by Crippen LogP contribution is -2.45. The van der Waals surface area contributed by atoms with E-state index in [0.717, 1.165) is 36.7 Å². The summed E-state index contributed by atoms with van der Waals surface area (Å²) in [5, 5.41) is 4.02. The average molecular weight is 550 g/mol. The molecule has 2 aromatic rings. The SMILES string of the molecule is CC(C)[C@H]1C(=O)N(S(C)(=O)=O)C2=CCN(C(=O)c3cc(CN4CCN(c5ccccc5)CC4)on3)[C@@H]21.Cl. The minimum atomic E-state index is -3.79. The molecule has 0 spiro atoms. The summed E-state index contributed by atoms with van der Waals surface area (Å²) in [6, 6.07) is 11.3. The van der Waals surface area contributed by atoms with Crippen LogP contribution in [0.3, 0.4) is 0 Å². The van der Waals surface area contributed by atoms with Gasteiger partial charge in [-0.15, -0.1) is 12.4 Å². The van der Waals surface area contributed by atoms with Gasteiger partial charge < -0.3 is 14.3 Å². The molecule has 0 N–H and O–H groups in total. The first-order valence-corrected chi connectivity index (χ1v) is 14.0. The molecule has 0 aliphatic carbocycles. The fourth-order valence-electron chi connectivity index (χ4n) is 5.44. The normalized spacial score (nSPS) is 22.3. The quantitative estimate of drug-likeness (QED) is 0.540. The number of sulfonamides is 1. The van der Waals surface area contributed by atoms with Gasteiger partial charge in [-0.3, -0.25) is 14.5 Å². The van der Waals surface area contributed by atoms with Gasteiger partial charge >= 0.3 is 0 Å². The third kappa shape index (κ3) is 5.12. The number of nitrogens with zero attached hydrogens (tertiary/aromatic N) is 5. The van der Waals surface area contributed by atoms with E-state index in [1.807, 2.05) is 32.0 Å². The predicted molar refractivity (Wildman–Crippen MR) is 141 cm³/mol. The Bertz CT molecular complexity index is 1290. The highest BCUT2D eigenvalue weighted by Crippen LogP contribution is 2.41. The van der Waals surface area contributed by atoms with E-state index in [1.54, 1.807) is 12.1 Å². The highest BCUT2D eigenvalue weighted by molar-refractivity contribution is 7.89. The van der Waals surface area contributed by atoms with E-state index in [4.69, 9.17) is 4.52 Å². The Morgan fingerprint density at radius 3 is 2.43 bits per heavy atom. The highest BCUT2D eigenvalue weighted by Gasteiger charge is 2.55. The van der Waals surface area contributed by atoms with Gasteiger partial charge in [0, 0.05) is 44.5 Å². The average Bonchev–Trinajstić information content (AvgIpc) is 3.53. The summed E-state index contributed by atoms with van der Waals surface area (Å²) in [4.78, 5) is 32.5. The molecule has 1 aromatic heterocycles. The Hall–Kier alpha value is -2.89. The van der Waals surface area contributed by atoms with Crippen LogP contribution in [0.5, 0.6) is 0 Å². The molecule has 2 saturated heterocycles. The maximum absolute atomic E-state index is 13.4. The van der Waals surface area contributed by atoms with Gasteiger partial charge in [-0.05, 0) is 24.1 Å². The third-order valence-corrected chi connectivity index (χ3v) is 8.21. The van der Waals surface area contributed by atoms with Crippen molar-refractivity contribution in [3.8, 4) is 0 Å². The topological polar surface area (TPSA) is 107 Å². The lowest BCUT2D eigenvalue weighted by Gasteiger charge is -2.35. The van der Waals surface area contributed by atoms with Crippen molar-refractivity contribution in [2.75, 3.05) is 43.9 Å². The number of amides is 2. The fraction of sp³-hybridized carbons (Fsp3) is 0.480. The summed E-state index contributed by atoms with van der Waals surface area (Å²) < 4.78 is 31.0. The molecular formula is C25H32ClN5O5S. The van der Waals surface area contributed by atoms with Gasteiger partial charge in [0.1, 0.15) is 0 Å². The smallest absolute Gasteiger partial charge is 0.276 e. The number of fused-ring (bicyclic) bond motifs is 1. The van der Waals surface area contributed by atoms with Crippen molar-refractivity contribution < 1.29 is 22.5 Å². The molecular weight excluding hydrogens is 518 g/mol. The van der Waals surface area contributed by atoms with Crippen molar-refractivity contribution in [1.82, 2.24) is 19.3 Å². The number of piperazine rings is 1. The van der Waals surface area contributed by atoms with Crippen molar-refractivity contribution in [3.63, 3.8) is 0 Å². The van der Waals surface area contributed by atoms with Gasteiger partial charge in [0.15, 0.2) is 11.5 Å². The Balaban J connectivity index is 0.00000320. The number of halogens is 1. The number of aromatic nitrogens is 1. The molecule has 200 valence electrons. The summed E-state index contributed by atoms with van der Waals surface area (Å²) in [5.74, 6) is -1.04.